The van der Waals surface area contributed by atoms with Crippen LogP contribution in [0.25, 0.3) is 5.78 Å². The molecule has 5 rings (SSSR count). The van der Waals surface area contributed by atoms with Gasteiger partial charge in [0, 0.05) is 11.9 Å². The highest BCUT2D eigenvalue weighted by Crippen LogP contribution is 2.32. The Labute approximate surface area is 149 Å². The molecular weight excluding hydrogens is 336 g/mol. The summed E-state index contributed by atoms with van der Waals surface area (Å²) in [5, 5.41) is 5.44. The number of nitrogens with zero attached hydrogens (tertiary/aromatic N) is 4. The third-order valence-electron chi connectivity index (χ3n) is 4.62. The predicted molar refractivity (Wildman–Crippen MR) is 94.4 cm³/mol. The summed E-state index contributed by atoms with van der Waals surface area (Å²) in [5.41, 5.74) is 3.75. The maximum atomic E-state index is 5.65. The zero-order valence-electron chi connectivity index (χ0n) is 13.8. The molecule has 0 N–H and O–H groups in total. The van der Waals surface area contributed by atoms with Crippen LogP contribution >= 0.6 is 11.8 Å². The predicted octanol–water partition coefficient (Wildman–Crippen LogP) is 3.07. The second-order valence-corrected chi connectivity index (χ2v) is 7.25. The smallest absolute Gasteiger partial charge is 0.253 e. The first-order valence-electron chi connectivity index (χ1n) is 8.62. The van der Waals surface area contributed by atoms with Crippen molar-refractivity contribution in [1.82, 2.24) is 19.6 Å². The van der Waals surface area contributed by atoms with Crippen molar-refractivity contribution in [3.63, 3.8) is 0 Å². The molecule has 1 aliphatic heterocycles. The van der Waals surface area contributed by atoms with E-state index < -0.39 is 0 Å². The van der Waals surface area contributed by atoms with Crippen LogP contribution in [-0.4, -0.2) is 32.8 Å². The normalized spacial score (nSPS) is 16.0. The molecule has 7 heteroatoms. The molecule has 0 unspecified atom stereocenters. The average molecular weight is 354 g/mol. The molecule has 0 fully saturated rings. The van der Waals surface area contributed by atoms with E-state index in [2.05, 4.69) is 21.1 Å². The Kier molecular flexibility index (Phi) is 3.73. The lowest BCUT2D eigenvalue weighted by molar-refractivity contribution is 0.171. The Morgan fingerprint density at radius 1 is 1.08 bits per heavy atom. The van der Waals surface area contributed by atoms with Gasteiger partial charge in [-0.05, 0) is 48.9 Å². The number of rotatable bonds is 3. The van der Waals surface area contributed by atoms with Crippen LogP contribution in [0, 0.1) is 0 Å². The van der Waals surface area contributed by atoms with E-state index in [1.165, 1.54) is 29.7 Å². The standard InChI is InChI=1S/C18H18N4O2S/c1-2-4-14-13(3-1)10-19-17-20-18(21-22(14)17)25-11-12-5-6-15-16(9-12)24-8-7-23-15/h5-6,9-10H,1-4,7-8,11H2. The van der Waals surface area contributed by atoms with E-state index in [9.17, 15) is 0 Å². The van der Waals surface area contributed by atoms with Crippen molar-refractivity contribution in [1.29, 1.82) is 0 Å². The lowest BCUT2D eigenvalue weighted by atomic mass is 9.98. The van der Waals surface area contributed by atoms with E-state index in [-0.39, 0.29) is 0 Å². The average Bonchev–Trinajstić information content (AvgIpc) is 3.10. The zero-order valence-corrected chi connectivity index (χ0v) is 14.6. The fourth-order valence-electron chi connectivity index (χ4n) is 3.37. The molecule has 2 aliphatic rings. The molecule has 2 aromatic heterocycles. The number of fused-ring (bicyclic) bond motifs is 4. The van der Waals surface area contributed by atoms with Crippen LogP contribution in [0.5, 0.6) is 11.5 Å². The minimum Gasteiger partial charge on any atom is -0.486 e. The molecule has 1 aromatic carbocycles. The van der Waals surface area contributed by atoms with Gasteiger partial charge < -0.3 is 9.47 Å². The topological polar surface area (TPSA) is 61.5 Å². The fourth-order valence-corrected chi connectivity index (χ4v) is 4.13. The molecular formula is C18H18N4O2S. The van der Waals surface area contributed by atoms with Gasteiger partial charge in [-0.1, -0.05) is 17.8 Å². The Bertz CT molecular complexity index is 940. The molecule has 1 aliphatic carbocycles. The monoisotopic (exact) mass is 354 g/mol. The lowest BCUT2D eigenvalue weighted by Gasteiger charge is -2.18. The number of ether oxygens (including phenoxy) is 2. The van der Waals surface area contributed by atoms with Crippen LogP contribution < -0.4 is 9.47 Å². The van der Waals surface area contributed by atoms with E-state index in [0.717, 1.165) is 35.2 Å². The van der Waals surface area contributed by atoms with Gasteiger partial charge in [-0.25, -0.2) is 4.98 Å². The summed E-state index contributed by atoms with van der Waals surface area (Å²) in [6.45, 7) is 1.22. The maximum Gasteiger partial charge on any atom is 0.253 e. The first kappa shape index (κ1) is 15.0. The SMILES string of the molecule is c1cc2c(cc1CSc1nc3ncc4c(n3n1)CCCC4)OCCO2. The number of hydrogen-bond acceptors (Lipinski definition) is 6. The third-order valence-corrected chi connectivity index (χ3v) is 5.53. The summed E-state index contributed by atoms with van der Waals surface area (Å²) in [6.07, 6.45) is 6.57. The van der Waals surface area contributed by atoms with E-state index in [4.69, 9.17) is 9.47 Å². The van der Waals surface area contributed by atoms with Crippen LogP contribution in [0.3, 0.4) is 0 Å². The van der Waals surface area contributed by atoms with E-state index >= 15 is 0 Å². The van der Waals surface area contributed by atoms with Crippen molar-refractivity contribution in [2.24, 2.45) is 0 Å². The lowest BCUT2D eigenvalue weighted by Crippen LogP contribution is -2.15. The number of aromatic nitrogens is 4. The molecule has 0 saturated heterocycles. The molecule has 6 nitrogen and oxygen atoms in total. The third kappa shape index (κ3) is 2.82. The van der Waals surface area contributed by atoms with Crippen molar-refractivity contribution < 1.29 is 9.47 Å². The number of thioether (sulfide) groups is 1. The van der Waals surface area contributed by atoms with Gasteiger partial charge in [0.1, 0.15) is 13.2 Å². The second kappa shape index (κ2) is 6.22. The Balaban J connectivity index is 1.37. The van der Waals surface area contributed by atoms with Gasteiger partial charge in [0.05, 0.1) is 5.69 Å². The molecule has 25 heavy (non-hydrogen) atoms. The Morgan fingerprint density at radius 2 is 1.96 bits per heavy atom. The van der Waals surface area contributed by atoms with Crippen LogP contribution in [0.15, 0.2) is 29.6 Å². The molecule has 0 bridgehead atoms. The molecule has 0 radical (unpaired) electrons. The van der Waals surface area contributed by atoms with Gasteiger partial charge in [-0.2, -0.15) is 9.50 Å². The number of benzene rings is 1. The van der Waals surface area contributed by atoms with Crippen LogP contribution in [0.1, 0.15) is 29.7 Å². The van der Waals surface area contributed by atoms with Crippen molar-refractivity contribution in [2.45, 2.75) is 36.6 Å². The largest absolute Gasteiger partial charge is 0.486 e. The van der Waals surface area contributed by atoms with E-state index in [0.29, 0.717) is 19.0 Å². The molecule has 0 saturated carbocycles. The van der Waals surface area contributed by atoms with Crippen molar-refractivity contribution in [3.05, 3.63) is 41.2 Å². The minimum atomic E-state index is 0.606. The summed E-state index contributed by atoms with van der Waals surface area (Å²) < 4.78 is 13.1. The molecule has 3 heterocycles. The Hall–Kier alpha value is -2.28. The van der Waals surface area contributed by atoms with E-state index in [1.807, 2.05) is 22.8 Å². The van der Waals surface area contributed by atoms with Gasteiger partial charge in [-0.15, -0.1) is 5.10 Å². The van der Waals surface area contributed by atoms with Gasteiger partial charge in [-0.3, -0.25) is 0 Å². The van der Waals surface area contributed by atoms with Gasteiger partial charge >= 0.3 is 0 Å². The van der Waals surface area contributed by atoms with Crippen molar-refractivity contribution >= 4 is 17.5 Å². The Morgan fingerprint density at radius 3 is 2.92 bits per heavy atom. The zero-order chi connectivity index (χ0) is 16.6. The highest BCUT2D eigenvalue weighted by molar-refractivity contribution is 7.98. The van der Waals surface area contributed by atoms with Crippen molar-refractivity contribution in [2.75, 3.05) is 13.2 Å². The minimum absolute atomic E-state index is 0.606. The molecule has 3 aromatic rings. The van der Waals surface area contributed by atoms with Crippen molar-refractivity contribution in [3.8, 4) is 11.5 Å². The summed E-state index contributed by atoms with van der Waals surface area (Å²) in [6, 6.07) is 6.08. The second-order valence-electron chi connectivity index (χ2n) is 6.31. The maximum absolute atomic E-state index is 5.65. The summed E-state index contributed by atoms with van der Waals surface area (Å²) >= 11 is 1.62. The highest BCUT2D eigenvalue weighted by Gasteiger charge is 2.17. The van der Waals surface area contributed by atoms with Gasteiger partial charge in [0.15, 0.2) is 11.5 Å². The molecule has 0 amide bonds. The molecule has 0 atom stereocenters. The molecule has 128 valence electrons. The van der Waals surface area contributed by atoms with E-state index in [1.54, 1.807) is 11.8 Å². The van der Waals surface area contributed by atoms with Gasteiger partial charge in [0.25, 0.3) is 5.78 Å². The highest BCUT2D eigenvalue weighted by atomic mass is 32.2. The quantitative estimate of drug-likeness (QED) is 0.674. The summed E-state index contributed by atoms with van der Waals surface area (Å²) in [4.78, 5) is 9.04. The number of hydrogen-bond donors (Lipinski definition) is 0. The van der Waals surface area contributed by atoms with Crippen LogP contribution in [-0.2, 0) is 18.6 Å². The first-order chi connectivity index (χ1) is 12.4. The molecule has 0 spiro atoms. The summed E-state index contributed by atoms with van der Waals surface area (Å²) in [5.74, 6) is 3.13. The van der Waals surface area contributed by atoms with Crippen LogP contribution in [0.4, 0.5) is 0 Å². The number of aryl methyl sites for hydroxylation is 2. The fraction of sp³-hybridized carbons (Fsp3) is 0.389. The van der Waals surface area contributed by atoms with Gasteiger partial charge in [0.2, 0.25) is 5.16 Å². The first-order valence-corrected chi connectivity index (χ1v) is 9.60. The van der Waals surface area contributed by atoms with Crippen LogP contribution in [0.2, 0.25) is 0 Å². The summed E-state index contributed by atoms with van der Waals surface area (Å²) in [7, 11) is 0.